The van der Waals surface area contributed by atoms with Gasteiger partial charge in [0.15, 0.2) is 0 Å². The molecule has 0 bridgehead atoms. The van der Waals surface area contributed by atoms with Gasteiger partial charge in [-0.1, -0.05) is 0 Å². The van der Waals surface area contributed by atoms with Crippen molar-refractivity contribution in [3.05, 3.63) is 0 Å². The van der Waals surface area contributed by atoms with Gasteiger partial charge in [0.05, 0.1) is 6.61 Å². The molecule has 1 unspecified atom stereocenters. The van der Waals surface area contributed by atoms with Gasteiger partial charge >= 0.3 is 6.03 Å². The Balaban J connectivity index is 2.16. The minimum atomic E-state index is -0.477. The van der Waals surface area contributed by atoms with Gasteiger partial charge in [0, 0.05) is 19.0 Å². The topological polar surface area (TPSA) is 98.7 Å². The molecule has 1 atom stereocenters. The van der Waals surface area contributed by atoms with Crippen LogP contribution in [0.5, 0.6) is 0 Å². The van der Waals surface area contributed by atoms with Crippen molar-refractivity contribution in [2.45, 2.75) is 6.42 Å². The van der Waals surface area contributed by atoms with Crippen molar-refractivity contribution in [1.29, 1.82) is 0 Å². The summed E-state index contributed by atoms with van der Waals surface area (Å²) in [5.41, 5.74) is 10.0. The van der Waals surface area contributed by atoms with Gasteiger partial charge in [-0.15, -0.1) is 0 Å². The lowest BCUT2D eigenvalue weighted by Gasteiger charge is -2.12. The molecule has 0 radical (unpaired) electrons. The monoisotopic (exact) mass is 201 g/mol. The molecule has 0 aromatic heterocycles. The number of likely N-dealkylation sites (tertiary alicyclic amines) is 1. The molecule has 1 fully saturated rings. The van der Waals surface area contributed by atoms with E-state index in [4.69, 9.17) is 16.2 Å². The smallest absolute Gasteiger partial charge is 0.314 e. The van der Waals surface area contributed by atoms with E-state index in [0.29, 0.717) is 19.7 Å². The van der Waals surface area contributed by atoms with Crippen molar-refractivity contribution in [3.8, 4) is 0 Å². The Morgan fingerprint density at radius 2 is 2.14 bits per heavy atom. The van der Waals surface area contributed by atoms with Crippen LogP contribution in [0.15, 0.2) is 0 Å². The van der Waals surface area contributed by atoms with Crippen LogP contribution in [0, 0.1) is 5.92 Å². The van der Waals surface area contributed by atoms with Gasteiger partial charge in [-0.2, -0.15) is 0 Å². The number of nitrogens with zero attached hydrogens (tertiary/aromatic N) is 1. The van der Waals surface area contributed by atoms with Crippen molar-refractivity contribution in [3.63, 3.8) is 0 Å². The summed E-state index contributed by atoms with van der Waals surface area (Å²) < 4.78 is 5.05. The third-order valence-corrected chi connectivity index (χ3v) is 2.20. The van der Waals surface area contributed by atoms with E-state index >= 15 is 0 Å². The Morgan fingerprint density at radius 1 is 1.43 bits per heavy atom. The van der Waals surface area contributed by atoms with E-state index in [9.17, 15) is 9.59 Å². The number of urea groups is 1. The number of amides is 3. The minimum Gasteiger partial charge on any atom is -0.371 e. The zero-order valence-electron chi connectivity index (χ0n) is 7.94. The first-order chi connectivity index (χ1) is 6.59. The number of carbonyl (C=O) groups excluding carboxylic acids is 2. The Labute approximate surface area is 82.2 Å². The zero-order chi connectivity index (χ0) is 10.6. The lowest BCUT2D eigenvalue weighted by molar-refractivity contribution is -0.122. The molecule has 1 rings (SSSR count). The quantitative estimate of drug-likeness (QED) is 0.603. The summed E-state index contributed by atoms with van der Waals surface area (Å²) in [6.45, 7) is 1.66. The third-order valence-electron chi connectivity index (χ3n) is 2.20. The van der Waals surface area contributed by atoms with E-state index in [1.54, 1.807) is 4.90 Å². The molecule has 0 aromatic rings. The Morgan fingerprint density at radius 3 is 2.64 bits per heavy atom. The van der Waals surface area contributed by atoms with Crippen molar-refractivity contribution in [2.24, 2.45) is 17.4 Å². The highest BCUT2D eigenvalue weighted by atomic mass is 16.5. The molecule has 80 valence electrons. The number of rotatable bonds is 4. The molecule has 3 amide bonds. The standard InChI is InChI=1S/C8H15N3O3/c9-7(12)5-14-4-6-1-2-11(3-6)8(10)13/h6H,1-5H2,(H2,9,12)(H2,10,13). The summed E-state index contributed by atoms with van der Waals surface area (Å²) in [5, 5.41) is 0. The molecule has 14 heavy (non-hydrogen) atoms. The highest BCUT2D eigenvalue weighted by Crippen LogP contribution is 2.15. The molecule has 0 saturated carbocycles. The Hall–Kier alpha value is -1.30. The number of nitrogens with two attached hydrogens (primary N) is 2. The molecule has 6 heteroatoms. The van der Waals surface area contributed by atoms with Crippen molar-refractivity contribution < 1.29 is 14.3 Å². The molecule has 1 aliphatic heterocycles. The first kappa shape index (κ1) is 10.8. The summed E-state index contributed by atoms with van der Waals surface area (Å²) in [6, 6.07) is -0.401. The third kappa shape index (κ3) is 3.21. The molecular formula is C8H15N3O3. The molecule has 0 aliphatic carbocycles. The number of primary amides is 2. The second-order valence-electron chi connectivity index (χ2n) is 3.42. The van der Waals surface area contributed by atoms with Gasteiger partial charge in [-0.25, -0.2) is 4.79 Å². The van der Waals surface area contributed by atoms with Crippen LogP contribution >= 0.6 is 0 Å². The van der Waals surface area contributed by atoms with Crippen molar-refractivity contribution in [1.82, 2.24) is 4.90 Å². The van der Waals surface area contributed by atoms with Gasteiger partial charge in [0.25, 0.3) is 0 Å². The highest BCUT2D eigenvalue weighted by Gasteiger charge is 2.24. The molecule has 0 aromatic carbocycles. The summed E-state index contributed by atoms with van der Waals surface area (Å²) in [5.74, 6) is -0.211. The summed E-state index contributed by atoms with van der Waals surface area (Å²) in [6.07, 6.45) is 0.863. The molecule has 1 heterocycles. The van der Waals surface area contributed by atoms with Crippen LogP contribution in [0.4, 0.5) is 4.79 Å². The van der Waals surface area contributed by atoms with E-state index in [1.165, 1.54) is 0 Å². The largest absolute Gasteiger partial charge is 0.371 e. The van der Waals surface area contributed by atoms with E-state index in [-0.39, 0.29) is 12.5 Å². The Bertz CT molecular complexity index is 232. The van der Waals surface area contributed by atoms with Crippen LogP contribution in [-0.2, 0) is 9.53 Å². The summed E-state index contributed by atoms with van der Waals surface area (Å²) in [4.78, 5) is 22.7. The predicted octanol–water partition coefficient (Wildman–Crippen LogP) is -1.11. The normalized spacial score (nSPS) is 21.1. The fourth-order valence-electron chi connectivity index (χ4n) is 1.50. The average molecular weight is 201 g/mol. The van der Waals surface area contributed by atoms with Crippen molar-refractivity contribution in [2.75, 3.05) is 26.3 Å². The van der Waals surface area contributed by atoms with E-state index < -0.39 is 11.9 Å². The lowest BCUT2D eigenvalue weighted by atomic mass is 10.1. The second-order valence-corrected chi connectivity index (χ2v) is 3.42. The Kier molecular flexibility index (Phi) is 3.70. The van der Waals surface area contributed by atoms with Crippen LogP contribution in [0.1, 0.15) is 6.42 Å². The van der Waals surface area contributed by atoms with Crippen molar-refractivity contribution >= 4 is 11.9 Å². The second kappa shape index (κ2) is 4.80. The number of carbonyl (C=O) groups is 2. The number of ether oxygens (including phenoxy) is 1. The van der Waals surface area contributed by atoms with E-state index in [1.807, 2.05) is 0 Å². The van der Waals surface area contributed by atoms with E-state index in [0.717, 1.165) is 6.42 Å². The van der Waals surface area contributed by atoms with Gasteiger partial charge in [0.1, 0.15) is 6.61 Å². The molecule has 1 saturated heterocycles. The highest BCUT2D eigenvalue weighted by molar-refractivity contribution is 5.75. The maximum atomic E-state index is 10.8. The van der Waals surface area contributed by atoms with Crippen LogP contribution in [0.2, 0.25) is 0 Å². The number of hydrogen-bond acceptors (Lipinski definition) is 3. The van der Waals surface area contributed by atoms with Crippen LogP contribution in [0.3, 0.4) is 0 Å². The average Bonchev–Trinajstić information content (AvgIpc) is 2.52. The van der Waals surface area contributed by atoms with E-state index in [2.05, 4.69) is 0 Å². The zero-order valence-corrected chi connectivity index (χ0v) is 7.94. The van der Waals surface area contributed by atoms with Crippen LogP contribution in [-0.4, -0.2) is 43.1 Å². The van der Waals surface area contributed by atoms with Gasteiger partial charge in [-0.3, -0.25) is 4.79 Å². The number of hydrogen-bond donors (Lipinski definition) is 2. The molecule has 4 N–H and O–H groups in total. The first-order valence-electron chi connectivity index (χ1n) is 4.50. The summed E-state index contributed by atoms with van der Waals surface area (Å²) in [7, 11) is 0. The molecule has 6 nitrogen and oxygen atoms in total. The summed E-state index contributed by atoms with van der Waals surface area (Å²) >= 11 is 0. The SMILES string of the molecule is NC(=O)COCC1CCN(C(N)=O)C1. The van der Waals surface area contributed by atoms with Gasteiger partial charge in [-0.05, 0) is 6.42 Å². The maximum absolute atomic E-state index is 10.8. The predicted molar refractivity (Wildman–Crippen MR) is 49.3 cm³/mol. The molecular weight excluding hydrogens is 186 g/mol. The lowest BCUT2D eigenvalue weighted by Crippen LogP contribution is -2.34. The van der Waals surface area contributed by atoms with Gasteiger partial charge in [0.2, 0.25) is 5.91 Å². The molecule has 1 aliphatic rings. The molecule has 0 spiro atoms. The maximum Gasteiger partial charge on any atom is 0.314 e. The minimum absolute atomic E-state index is 0.0624. The van der Waals surface area contributed by atoms with Crippen LogP contribution in [0.25, 0.3) is 0 Å². The fraction of sp³-hybridized carbons (Fsp3) is 0.750. The first-order valence-corrected chi connectivity index (χ1v) is 4.50. The van der Waals surface area contributed by atoms with Gasteiger partial charge < -0.3 is 21.1 Å². The fourth-order valence-corrected chi connectivity index (χ4v) is 1.50. The van der Waals surface area contributed by atoms with Crippen LogP contribution < -0.4 is 11.5 Å².